The number of nitrogens with zero attached hydrogens (tertiary/aromatic N) is 3. The van der Waals surface area contributed by atoms with Gasteiger partial charge in [-0.25, -0.2) is 4.90 Å². The lowest BCUT2D eigenvalue weighted by Gasteiger charge is -2.52. The van der Waals surface area contributed by atoms with Crippen LogP contribution in [0.1, 0.15) is 34.6 Å². The SMILES string of the molecule is O=C1[C@@H]2[C@H](C(=O)N1/N=C\C13c4ccccc4C(c4ccccc41)[C@H]1C(=O)N(c4ccccc4)C(=O)[C@@H]13)[C@H]1C=C[C@H]2C1. The summed E-state index contributed by atoms with van der Waals surface area (Å²) in [6, 6.07) is 24.9. The summed E-state index contributed by atoms with van der Waals surface area (Å²) in [6.45, 7) is 0. The smallest absolute Gasteiger partial charge is 0.254 e. The second kappa shape index (κ2) is 7.75. The first-order chi connectivity index (χ1) is 20.0. The van der Waals surface area contributed by atoms with E-state index in [1.54, 1.807) is 18.3 Å². The van der Waals surface area contributed by atoms with Crippen molar-refractivity contribution in [1.29, 1.82) is 0 Å². The number of amides is 4. The van der Waals surface area contributed by atoms with Crippen molar-refractivity contribution in [3.05, 3.63) is 113 Å². The molecule has 0 radical (unpaired) electrons. The lowest BCUT2D eigenvalue weighted by Crippen LogP contribution is -2.55. The molecule has 7 nitrogen and oxygen atoms in total. The fourth-order valence-corrected chi connectivity index (χ4v) is 9.03. The van der Waals surface area contributed by atoms with Gasteiger partial charge in [0.25, 0.3) is 11.8 Å². The zero-order valence-corrected chi connectivity index (χ0v) is 22.0. The van der Waals surface area contributed by atoms with Crippen molar-refractivity contribution >= 4 is 35.5 Å². The molecule has 4 bridgehead atoms. The molecular formula is C34H25N3O4. The van der Waals surface area contributed by atoms with E-state index in [2.05, 4.69) is 17.3 Å². The Morgan fingerprint density at radius 1 is 0.659 bits per heavy atom. The fraction of sp³-hybridized carbons (Fsp3) is 0.265. The second-order valence-electron chi connectivity index (χ2n) is 12.1. The fourth-order valence-electron chi connectivity index (χ4n) is 9.03. The Hall–Kier alpha value is -4.65. The van der Waals surface area contributed by atoms with E-state index in [1.807, 2.05) is 66.7 Å². The number of carbonyl (C=O) groups is 4. The number of hydrazone groups is 1. The van der Waals surface area contributed by atoms with Crippen LogP contribution >= 0.6 is 0 Å². The van der Waals surface area contributed by atoms with Gasteiger partial charge in [-0.1, -0.05) is 78.9 Å². The molecule has 6 atom stereocenters. The van der Waals surface area contributed by atoms with Crippen LogP contribution in [0.3, 0.4) is 0 Å². The number of anilines is 1. The van der Waals surface area contributed by atoms with Crippen LogP contribution in [0.25, 0.3) is 0 Å². The highest BCUT2D eigenvalue weighted by molar-refractivity contribution is 6.25. The summed E-state index contributed by atoms with van der Waals surface area (Å²) in [4.78, 5) is 57.1. The average Bonchev–Trinajstić information content (AvgIpc) is 3.75. The van der Waals surface area contributed by atoms with Gasteiger partial charge in [0.05, 0.1) is 34.8 Å². The number of para-hydroxylation sites is 1. The van der Waals surface area contributed by atoms with Gasteiger partial charge in [-0.15, -0.1) is 0 Å². The summed E-state index contributed by atoms with van der Waals surface area (Å²) in [6.07, 6.45) is 6.60. The molecule has 2 aliphatic heterocycles. The van der Waals surface area contributed by atoms with Crippen LogP contribution < -0.4 is 4.90 Å². The highest BCUT2D eigenvalue weighted by atomic mass is 16.2. The summed E-state index contributed by atoms with van der Waals surface area (Å²) in [5, 5.41) is 5.72. The summed E-state index contributed by atoms with van der Waals surface area (Å²) in [7, 11) is 0. The van der Waals surface area contributed by atoms with Crippen molar-refractivity contribution in [2.75, 3.05) is 4.90 Å². The number of hydrogen-bond acceptors (Lipinski definition) is 5. The molecule has 4 amide bonds. The van der Waals surface area contributed by atoms with Crippen molar-refractivity contribution in [3.63, 3.8) is 0 Å². The lowest BCUT2D eigenvalue weighted by atomic mass is 9.47. The second-order valence-corrected chi connectivity index (χ2v) is 12.1. The molecule has 10 rings (SSSR count). The molecule has 3 aromatic rings. The summed E-state index contributed by atoms with van der Waals surface area (Å²) < 4.78 is 0. The molecule has 1 saturated carbocycles. The predicted molar refractivity (Wildman–Crippen MR) is 149 cm³/mol. The topological polar surface area (TPSA) is 87.1 Å². The van der Waals surface area contributed by atoms with Crippen LogP contribution in [0, 0.1) is 35.5 Å². The van der Waals surface area contributed by atoms with Crippen molar-refractivity contribution in [3.8, 4) is 0 Å². The molecule has 200 valence electrons. The van der Waals surface area contributed by atoms with Crippen molar-refractivity contribution in [2.24, 2.45) is 40.6 Å². The first-order valence-corrected chi connectivity index (χ1v) is 14.3. The number of carbonyl (C=O) groups excluding carboxylic acids is 4. The van der Waals surface area contributed by atoms with Crippen LogP contribution in [0.2, 0.25) is 0 Å². The van der Waals surface area contributed by atoms with E-state index in [0.717, 1.165) is 33.7 Å². The van der Waals surface area contributed by atoms with Crippen LogP contribution in [-0.4, -0.2) is 34.9 Å². The third-order valence-corrected chi connectivity index (χ3v) is 10.5. The Kier molecular flexibility index (Phi) is 4.37. The van der Waals surface area contributed by atoms with Crippen molar-refractivity contribution in [1.82, 2.24) is 5.01 Å². The van der Waals surface area contributed by atoms with E-state index in [4.69, 9.17) is 0 Å². The zero-order valence-electron chi connectivity index (χ0n) is 22.0. The van der Waals surface area contributed by atoms with Gasteiger partial charge < -0.3 is 0 Å². The third kappa shape index (κ3) is 2.63. The van der Waals surface area contributed by atoms with Crippen molar-refractivity contribution < 1.29 is 19.2 Å². The lowest BCUT2D eigenvalue weighted by molar-refractivity contribution is -0.140. The molecule has 7 aliphatic rings. The van der Waals surface area contributed by atoms with E-state index < -0.39 is 17.3 Å². The third-order valence-electron chi connectivity index (χ3n) is 10.5. The molecule has 41 heavy (non-hydrogen) atoms. The first-order valence-electron chi connectivity index (χ1n) is 14.3. The molecular weight excluding hydrogens is 514 g/mol. The molecule has 0 aromatic heterocycles. The van der Waals surface area contributed by atoms with E-state index in [-0.39, 0.29) is 53.2 Å². The van der Waals surface area contributed by atoms with Gasteiger partial charge in [0.15, 0.2) is 0 Å². The number of imide groups is 2. The molecule has 2 saturated heterocycles. The van der Waals surface area contributed by atoms with Gasteiger partial charge in [0.1, 0.15) is 0 Å². The summed E-state index contributed by atoms with van der Waals surface area (Å²) >= 11 is 0. The first kappa shape index (κ1) is 23.1. The van der Waals surface area contributed by atoms with Gasteiger partial charge >= 0.3 is 0 Å². The van der Waals surface area contributed by atoms with Gasteiger partial charge in [0.2, 0.25) is 11.8 Å². The Morgan fingerprint density at radius 3 is 1.83 bits per heavy atom. The van der Waals surface area contributed by atoms with E-state index in [0.29, 0.717) is 5.69 Å². The maximum absolute atomic E-state index is 14.4. The summed E-state index contributed by atoms with van der Waals surface area (Å²) in [5.41, 5.74) is 3.16. The molecule has 3 fully saturated rings. The maximum atomic E-state index is 14.4. The van der Waals surface area contributed by atoms with E-state index in [9.17, 15) is 19.2 Å². The number of benzene rings is 3. The molecule has 2 heterocycles. The minimum atomic E-state index is -1.13. The normalized spacial score (nSPS) is 35.5. The van der Waals surface area contributed by atoms with Crippen LogP contribution in [-0.2, 0) is 24.6 Å². The molecule has 7 heteroatoms. The Morgan fingerprint density at radius 2 is 1.22 bits per heavy atom. The monoisotopic (exact) mass is 539 g/mol. The van der Waals surface area contributed by atoms with Gasteiger partial charge in [-0.2, -0.15) is 10.1 Å². The minimum absolute atomic E-state index is 0.0734. The van der Waals surface area contributed by atoms with E-state index >= 15 is 0 Å². The number of hydrogen-bond donors (Lipinski definition) is 0. The minimum Gasteiger partial charge on any atom is -0.274 e. The predicted octanol–water partition coefficient (Wildman–Crippen LogP) is 4.03. The van der Waals surface area contributed by atoms with Gasteiger partial charge in [0, 0.05) is 12.1 Å². The number of allylic oxidation sites excluding steroid dienone is 2. The Labute approximate surface area is 236 Å². The molecule has 0 unspecified atom stereocenters. The summed E-state index contributed by atoms with van der Waals surface area (Å²) in [5.74, 6) is -3.35. The molecule has 0 N–H and O–H groups in total. The highest BCUT2D eigenvalue weighted by Gasteiger charge is 2.68. The zero-order chi connectivity index (χ0) is 27.6. The van der Waals surface area contributed by atoms with Crippen LogP contribution in [0.4, 0.5) is 5.69 Å². The van der Waals surface area contributed by atoms with Gasteiger partial charge in [-0.05, 0) is 52.6 Å². The Balaban J connectivity index is 1.25. The quantitative estimate of drug-likeness (QED) is 0.286. The van der Waals surface area contributed by atoms with Gasteiger partial charge in [-0.3, -0.25) is 19.2 Å². The number of rotatable bonds is 3. The van der Waals surface area contributed by atoms with Crippen LogP contribution in [0.5, 0.6) is 0 Å². The average molecular weight is 540 g/mol. The Bertz CT molecular complexity index is 1700. The highest BCUT2D eigenvalue weighted by Crippen LogP contribution is 2.64. The largest absolute Gasteiger partial charge is 0.274 e. The van der Waals surface area contributed by atoms with Crippen molar-refractivity contribution in [2.45, 2.75) is 17.8 Å². The van der Waals surface area contributed by atoms with E-state index in [1.165, 1.54) is 4.90 Å². The number of fused-ring (bicyclic) bond motifs is 5. The van der Waals surface area contributed by atoms with Crippen LogP contribution in [0.15, 0.2) is 96.1 Å². The standard InChI is InChI=1S/C34H25N3O4/c38-30-28-27-21-10-4-6-12-23(21)34(24-13-7-5-11-22(24)27,29(28)33(41)36(30)20-8-2-1-3-9-20)17-35-37-31(39)25-18-14-15-19(16-18)26(25)32(37)40/h1-15,17-19,25-29H,16H2/b35-17-/t18-,19-,25-,26+,27?,28+,29+,34?/m0/s1. The molecule has 3 aromatic carbocycles. The molecule has 0 spiro atoms. The molecule has 5 aliphatic carbocycles. The maximum Gasteiger partial charge on any atom is 0.254 e.